The highest BCUT2D eigenvalue weighted by Crippen LogP contribution is 2.33. The topological polar surface area (TPSA) is 85.9 Å². The number of anilines is 1. The number of fused-ring (bicyclic) bond motifs is 1. The second-order valence-electron chi connectivity index (χ2n) is 4.63. The number of thiazole rings is 1. The Morgan fingerprint density at radius 1 is 1.48 bits per heavy atom. The lowest BCUT2D eigenvalue weighted by atomic mass is 10.2. The second-order valence-corrected chi connectivity index (χ2v) is 5.86. The van der Waals surface area contributed by atoms with E-state index in [9.17, 15) is 10.1 Å². The molecule has 0 saturated carbocycles. The van der Waals surface area contributed by atoms with E-state index in [4.69, 9.17) is 0 Å². The van der Waals surface area contributed by atoms with Crippen molar-refractivity contribution in [3.8, 4) is 0 Å². The van der Waals surface area contributed by atoms with Gasteiger partial charge in [0.05, 0.1) is 32.4 Å². The largest absolute Gasteiger partial charge is 0.374 e. The number of hydrogen-bond acceptors (Lipinski definition) is 6. The SMILES string of the molecule is Cc1nc2cc(NCc3ccnn3C)c([N+](=O)[O-])cc2s1. The molecule has 0 aliphatic carbocycles. The van der Waals surface area contributed by atoms with Crippen molar-refractivity contribution in [2.45, 2.75) is 13.5 Å². The minimum Gasteiger partial charge on any atom is -0.374 e. The fraction of sp³-hybridized carbons (Fsp3) is 0.231. The molecular weight excluding hydrogens is 290 g/mol. The first kappa shape index (κ1) is 13.5. The summed E-state index contributed by atoms with van der Waals surface area (Å²) in [6, 6.07) is 5.17. The van der Waals surface area contributed by atoms with Crippen molar-refractivity contribution in [2.75, 3.05) is 5.32 Å². The van der Waals surface area contributed by atoms with E-state index < -0.39 is 0 Å². The van der Waals surface area contributed by atoms with E-state index in [1.807, 2.05) is 20.0 Å². The molecule has 0 amide bonds. The van der Waals surface area contributed by atoms with Gasteiger partial charge in [-0.2, -0.15) is 5.10 Å². The van der Waals surface area contributed by atoms with Gasteiger partial charge in [-0.05, 0) is 19.1 Å². The highest BCUT2D eigenvalue weighted by Gasteiger charge is 2.17. The molecular formula is C13H13N5O2S. The van der Waals surface area contributed by atoms with Crippen LogP contribution in [0.2, 0.25) is 0 Å². The summed E-state index contributed by atoms with van der Waals surface area (Å²) < 4.78 is 2.55. The summed E-state index contributed by atoms with van der Waals surface area (Å²) >= 11 is 1.45. The number of aryl methyl sites for hydroxylation is 2. The molecule has 2 heterocycles. The van der Waals surface area contributed by atoms with Crippen LogP contribution in [0.25, 0.3) is 10.2 Å². The maximum Gasteiger partial charge on any atom is 0.293 e. The molecule has 21 heavy (non-hydrogen) atoms. The lowest BCUT2D eigenvalue weighted by molar-refractivity contribution is -0.383. The number of nitrogens with one attached hydrogen (secondary N) is 1. The fourth-order valence-electron chi connectivity index (χ4n) is 2.13. The van der Waals surface area contributed by atoms with Gasteiger partial charge in [0.25, 0.3) is 5.69 Å². The molecule has 108 valence electrons. The normalized spacial score (nSPS) is 11.0. The summed E-state index contributed by atoms with van der Waals surface area (Å²) in [5.74, 6) is 0. The van der Waals surface area contributed by atoms with Crippen molar-refractivity contribution in [1.29, 1.82) is 0 Å². The first-order valence-electron chi connectivity index (χ1n) is 6.31. The lowest BCUT2D eigenvalue weighted by Crippen LogP contribution is -2.07. The molecule has 0 spiro atoms. The highest BCUT2D eigenvalue weighted by atomic mass is 32.1. The van der Waals surface area contributed by atoms with Crippen LogP contribution in [0.1, 0.15) is 10.7 Å². The van der Waals surface area contributed by atoms with E-state index in [2.05, 4.69) is 15.4 Å². The molecule has 0 radical (unpaired) electrons. The first-order valence-corrected chi connectivity index (χ1v) is 7.12. The molecule has 0 aliphatic heterocycles. The van der Waals surface area contributed by atoms with Crippen molar-refractivity contribution in [2.24, 2.45) is 7.05 Å². The van der Waals surface area contributed by atoms with Gasteiger partial charge in [-0.1, -0.05) is 0 Å². The summed E-state index contributed by atoms with van der Waals surface area (Å²) in [5, 5.41) is 19.3. The van der Waals surface area contributed by atoms with E-state index >= 15 is 0 Å². The highest BCUT2D eigenvalue weighted by molar-refractivity contribution is 7.18. The minimum absolute atomic E-state index is 0.0633. The van der Waals surface area contributed by atoms with Crippen LogP contribution in [0, 0.1) is 17.0 Å². The van der Waals surface area contributed by atoms with E-state index in [0.717, 1.165) is 20.9 Å². The zero-order chi connectivity index (χ0) is 15.0. The number of nitro groups is 1. The van der Waals surface area contributed by atoms with Gasteiger partial charge in [-0.15, -0.1) is 11.3 Å². The monoisotopic (exact) mass is 303 g/mol. The molecule has 2 aromatic heterocycles. The van der Waals surface area contributed by atoms with Crippen molar-refractivity contribution < 1.29 is 4.92 Å². The number of nitro benzene ring substituents is 1. The number of aromatic nitrogens is 3. The number of benzene rings is 1. The Morgan fingerprint density at radius 3 is 2.95 bits per heavy atom. The van der Waals surface area contributed by atoms with Crippen LogP contribution in [-0.2, 0) is 13.6 Å². The first-order chi connectivity index (χ1) is 10.0. The number of rotatable bonds is 4. The van der Waals surface area contributed by atoms with Crippen LogP contribution in [0.4, 0.5) is 11.4 Å². The van der Waals surface area contributed by atoms with Crippen molar-refractivity contribution in [3.63, 3.8) is 0 Å². The van der Waals surface area contributed by atoms with Crippen LogP contribution in [0.5, 0.6) is 0 Å². The second kappa shape index (κ2) is 5.13. The van der Waals surface area contributed by atoms with Crippen LogP contribution in [0.15, 0.2) is 24.4 Å². The quantitative estimate of drug-likeness (QED) is 0.591. The summed E-state index contributed by atoms with van der Waals surface area (Å²) in [6.07, 6.45) is 1.69. The van der Waals surface area contributed by atoms with E-state index in [1.165, 1.54) is 11.3 Å². The predicted octanol–water partition coefficient (Wildman–Crippen LogP) is 2.86. The third-order valence-corrected chi connectivity index (χ3v) is 4.13. The predicted molar refractivity (Wildman–Crippen MR) is 81.5 cm³/mol. The molecule has 0 atom stereocenters. The molecule has 0 fully saturated rings. The van der Waals surface area contributed by atoms with Gasteiger partial charge in [0.15, 0.2) is 0 Å². The Labute approximate surface area is 124 Å². The molecule has 1 aromatic carbocycles. The van der Waals surface area contributed by atoms with Crippen LogP contribution in [0.3, 0.4) is 0 Å². The summed E-state index contributed by atoms with van der Waals surface area (Å²) in [7, 11) is 1.83. The van der Waals surface area contributed by atoms with Crippen molar-refractivity contribution in [3.05, 3.63) is 45.2 Å². The standard InChI is InChI=1S/C13H13N5O2S/c1-8-16-11-5-10(12(18(19)20)6-13(11)21-8)14-7-9-3-4-15-17(9)2/h3-6,14H,7H2,1-2H3. The molecule has 3 aromatic rings. The Hall–Kier alpha value is -2.48. The van der Waals surface area contributed by atoms with Crippen LogP contribution < -0.4 is 5.32 Å². The van der Waals surface area contributed by atoms with Gasteiger partial charge >= 0.3 is 0 Å². The van der Waals surface area contributed by atoms with Crippen molar-refractivity contribution in [1.82, 2.24) is 14.8 Å². The van der Waals surface area contributed by atoms with E-state index in [0.29, 0.717) is 12.2 Å². The molecule has 3 rings (SSSR count). The van der Waals surface area contributed by atoms with Crippen LogP contribution >= 0.6 is 11.3 Å². The number of nitrogens with zero attached hydrogens (tertiary/aromatic N) is 4. The van der Waals surface area contributed by atoms with Gasteiger partial charge < -0.3 is 5.32 Å². The van der Waals surface area contributed by atoms with Crippen LogP contribution in [-0.4, -0.2) is 19.7 Å². The summed E-state index contributed by atoms with van der Waals surface area (Å²) in [5.41, 5.74) is 2.25. The smallest absolute Gasteiger partial charge is 0.293 e. The Kier molecular flexibility index (Phi) is 3.30. The third kappa shape index (κ3) is 2.57. The molecule has 0 bridgehead atoms. The number of hydrogen-bond donors (Lipinski definition) is 1. The molecule has 7 nitrogen and oxygen atoms in total. The Balaban J connectivity index is 1.97. The van der Waals surface area contributed by atoms with Gasteiger partial charge in [0, 0.05) is 19.3 Å². The van der Waals surface area contributed by atoms with Gasteiger partial charge in [0.1, 0.15) is 5.69 Å². The molecule has 0 aliphatic rings. The molecule has 0 unspecified atom stereocenters. The minimum atomic E-state index is -0.375. The van der Waals surface area contributed by atoms with E-state index in [1.54, 1.807) is 23.0 Å². The lowest BCUT2D eigenvalue weighted by Gasteiger charge is -2.07. The zero-order valence-electron chi connectivity index (χ0n) is 11.5. The molecule has 8 heteroatoms. The van der Waals surface area contributed by atoms with E-state index in [-0.39, 0.29) is 10.6 Å². The summed E-state index contributed by atoms with van der Waals surface area (Å²) in [4.78, 5) is 15.2. The maximum atomic E-state index is 11.2. The van der Waals surface area contributed by atoms with Crippen molar-refractivity contribution >= 4 is 32.9 Å². The van der Waals surface area contributed by atoms with Gasteiger partial charge in [-0.25, -0.2) is 4.98 Å². The fourth-order valence-corrected chi connectivity index (χ4v) is 2.97. The Bertz CT molecular complexity index is 823. The average Bonchev–Trinajstić information content (AvgIpc) is 2.99. The Morgan fingerprint density at radius 2 is 2.29 bits per heavy atom. The molecule has 1 N–H and O–H groups in total. The average molecular weight is 303 g/mol. The van der Waals surface area contributed by atoms with Gasteiger partial charge in [0.2, 0.25) is 0 Å². The molecule has 0 saturated heterocycles. The third-order valence-electron chi connectivity index (χ3n) is 3.19. The summed E-state index contributed by atoms with van der Waals surface area (Å²) in [6.45, 7) is 2.35. The zero-order valence-corrected chi connectivity index (χ0v) is 12.3. The van der Waals surface area contributed by atoms with Gasteiger partial charge in [-0.3, -0.25) is 14.8 Å². The maximum absolute atomic E-state index is 11.2.